The van der Waals surface area contributed by atoms with Crippen molar-refractivity contribution in [3.05, 3.63) is 39.6 Å². The number of nitrogens with zero attached hydrogens (tertiary/aromatic N) is 1. The lowest BCUT2D eigenvalue weighted by Crippen LogP contribution is -2.30. The quantitative estimate of drug-likeness (QED) is 0.181. The number of nitro groups is 1. The number of carbonyl (C=O) groups is 3. The summed E-state index contributed by atoms with van der Waals surface area (Å²) in [5.74, 6) is 0.272. The van der Waals surface area contributed by atoms with Crippen LogP contribution in [0.2, 0.25) is 0 Å². The Hall–Kier alpha value is -3.43. The summed E-state index contributed by atoms with van der Waals surface area (Å²) >= 11 is 0. The molecule has 2 fully saturated rings. The maximum absolute atomic E-state index is 12.0. The first-order valence-electron chi connectivity index (χ1n) is 10.4. The number of nitrogens with one attached hydrogen (secondary N) is 3. The average molecular weight is 430 g/mol. The minimum absolute atomic E-state index is 0.00807. The molecule has 31 heavy (non-hydrogen) atoms. The van der Waals surface area contributed by atoms with Crippen LogP contribution >= 0.6 is 0 Å². The second-order valence-corrected chi connectivity index (χ2v) is 7.70. The standard InChI is InChI=1S/C21H26N4O6/c26-19(22-13-14-5-2-1-3-6-14)7-4-10-31-16-8-9-18(25(29)30)15(11-16)12-17-20(27)24-21(28)23-17/h8-9,11-12,14H,1-7,10,13H2,(H,22,26)(H2,23,24,27,28). The number of imide groups is 1. The molecule has 1 aliphatic carbocycles. The third-order valence-electron chi connectivity index (χ3n) is 5.34. The minimum atomic E-state index is -0.687. The van der Waals surface area contributed by atoms with Gasteiger partial charge in [0.2, 0.25) is 5.91 Å². The average Bonchev–Trinajstić information content (AvgIpc) is 3.07. The Balaban J connectivity index is 1.50. The fourth-order valence-electron chi connectivity index (χ4n) is 3.70. The van der Waals surface area contributed by atoms with Crippen molar-refractivity contribution in [1.29, 1.82) is 0 Å². The highest BCUT2D eigenvalue weighted by Gasteiger charge is 2.24. The van der Waals surface area contributed by atoms with Crippen LogP contribution in [0.15, 0.2) is 23.9 Å². The van der Waals surface area contributed by atoms with E-state index < -0.39 is 16.9 Å². The molecule has 3 N–H and O–H groups in total. The predicted molar refractivity (Wildman–Crippen MR) is 112 cm³/mol. The molecule has 10 nitrogen and oxygen atoms in total. The number of carbonyl (C=O) groups excluding carboxylic acids is 3. The summed E-state index contributed by atoms with van der Waals surface area (Å²) in [5.41, 5.74) is -0.184. The number of urea groups is 1. The Kier molecular flexibility index (Phi) is 7.58. The van der Waals surface area contributed by atoms with E-state index in [1.807, 2.05) is 5.32 Å². The van der Waals surface area contributed by atoms with Crippen LogP contribution in [0.3, 0.4) is 0 Å². The van der Waals surface area contributed by atoms with E-state index in [0.717, 1.165) is 6.54 Å². The smallest absolute Gasteiger partial charge is 0.326 e. The van der Waals surface area contributed by atoms with Crippen LogP contribution in [-0.2, 0) is 9.59 Å². The van der Waals surface area contributed by atoms with E-state index in [9.17, 15) is 24.5 Å². The molecule has 0 atom stereocenters. The van der Waals surface area contributed by atoms with Gasteiger partial charge in [0.25, 0.3) is 11.6 Å². The predicted octanol–water partition coefficient (Wildman–Crippen LogP) is 2.63. The molecular formula is C21H26N4O6. The number of ether oxygens (including phenoxy) is 1. The maximum atomic E-state index is 12.0. The number of rotatable bonds is 9. The van der Waals surface area contributed by atoms with E-state index in [1.54, 1.807) is 0 Å². The second kappa shape index (κ2) is 10.6. The van der Waals surface area contributed by atoms with Gasteiger partial charge in [0.05, 0.1) is 17.1 Å². The molecule has 4 amide bonds. The monoisotopic (exact) mass is 430 g/mol. The molecule has 3 rings (SSSR count). The van der Waals surface area contributed by atoms with E-state index in [4.69, 9.17) is 4.74 Å². The van der Waals surface area contributed by atoms with Crippen molar-refractivity contribution in [3.8, 4) is 5.75 Å². The lowest BCUT2D eigenvalue weighted by Gasteiger charge is -2.21. The van der Waals surface area contributed by atoms with Crippen molar-refractivity contribution in [2.24, 2.45) is 5.92 Å². The molecule has 2 aliphatic rings. The number of nitro benzene ring substituents is 1. The lowest BCUT2D eigenvalue weighted by molar-refractivity contribution is -0.385. The molecule has 166 valence electrons. The van der Waals surface area contributed by atoms with Crippen LogP contribution in [0.25, 0.3) is 6.08 Å². The van der Waals surface area contributed by atoms with E-state index in [0.29, 0.717) is 24.5 Å². The third kappa shape index (κ3) is 6.53. The van der Waals surface area contributed by atoms with E-state index in [-0.39, 0.29) is 29.5 Å². The van der Waals surface area contributed by atoms with Crippen LogP contribution in [-0.4, -0.2) is 35.9 Å². The van der Waals surface area contributed by atoms with E-state index >= 15 is 0 Å². The molecule has 0 bridgehead atoms. The lowest BCUT2D eigenvalue weighted by atomic mass is 9.89. The maximum Gasteiger partial charge on any atom is 0.326 e. The first-order chi connectivity index (χ1) is 14.9. The van der Waals surface area contributed by atoms with Crippen LogP contribution in [0.1, 0.15) is 50.5 Å². The van der Waals surface area contributed by atoms with Gasteiger partial charge in [-0.3, -0.25) is 25.0 Å². The molecule has 0 radical (unpaired) electrons. The van der Waals surface area contributed by atoms with Crippen molar-refractivity contribution in [2.45, 2.75) is 44.9 Å². The van der Waals surface area contributed by atoms with Gasteiger partial charge >= 0.3 is 6.03 Å². The van der Waals surface area contributed by atoms with Crippen molar-refractivity contribution in [1.82, 2.24) is 16.0 Å². The number of amides is 4. The van der Waals surface area contributed by atoms with Gasteiger partial charge < -0.3 is 15.4 Å². The molecule has 1 saturated heterocycles. The van der Waals surface area contributed by atoms with Crippen molar-refractivity contribution < 1.29 is 24.0 Å². The highest BCUT2D eigenvalue weighted by atomic mass is 16.6. The van der Waals surface area contributed by atoms with E-state index in [2.05, 4.69) is 10.6 Å². The molecular weight excluding hydrogens is 404 g/mol. The first-order valence-corrected chi connectivity index (χ1v) is 10.4. The fraction of sp³-hybridized carbons (Fsp3) is 0.476. The highest BCUT2D eigenvalue weighted by molar-refractivity contribution is 6.14. The summed E-state index contributed by atoms with van der Waals surface area (Å²) < 4.78 is 5.62. The van der Waals surface area contributed by atoms with Crippen molar-refractivity contribution in [2.75, 3.05) is 13.2 Å². The molecule has 10 heteroatoms. The minimum Gasteiger partial charge on any atom is -0.494 e. The summed E-state index contributed by atoms with van der Waals surface area (Å²) in [6, 6.07) is 3.46. The van der Waals surface area contributed by atoms with Gasteiger partial charge in [-0.1, -0.05) is 19.3 Å². The largest absolute Gasteiger partial charge is 0.494 e. The Bertz CT molecular complexity index is 892. The van der Waals surface area contributed by atoms with Crippen molar-refractivity contribution >= 4 is 29.6 Å². The van der Waals surface area contributed by atoms with Gasteiger partial charge in [-0.2, -0.15) is 0 Å². The van der Waals surface area contributed by atoms with Crippen LogP contribution in [0.4, 0.5) is 10.5 Å². The summed E-state index contributed by atoms with van der Waals surface area (Å²) in [7, 11) is 0. The van der Waals surface area contributed by atoms with Gasteiger partial charge in [-0.15, -0.1) is 0 Å². The fourth-order valence-corrected chi connectivity index (χ4v) is 3.70. The van der Waals surface area contributed by atoms with Gasteiger partial charge in [0.1, 0.15) is 11.4 Å². The first kappa shape index (κ1) is 22.3. The zero-order valence-electron chi connectivity index (χ0n) is 17.1. The SMILES string of the molecule is O=C(CCCOc1ccc([N+](=O)[O-])c(C=C2NC(=O)NC2=O)c1)NCC1CCCCC1. The molecule has 0 unspecified atom stereocenters. The summed E-state index contributed by atoms with van der Waals surface area (Å²) in [6.45, 7) is 0.992. The molecule has 1 aromatic rings. The molecule has 1 heterocycles. The summed E-state index contributed by atoms with van der Waals surface area (Å²) in [4.78, 5) is 45.6. The van der Waals surface area contributed by atoms with E-state index in [1.165, 1.54) is 56.4 Å². The third-order valence-corrected chi connectivity index (χ3v) is 5.34. The molecule has 1 aromatic carbocycles. The van der Waals surface area contributed by atoms with Gasteiger partial charge in [0, 0.05) is 19.0 Å². The van der Waals surface area contributed by atoms with Gasteiger partial charge in [-0.05, 0) is 43.4 Å². The Morgan fingerprint density at radius 1 is 1.23 bits per heavy atom. The molecule has 0 aromatic heterocycles. The summed E-state index contributed by atoms with van der Waals surface area (Å²) in [5, 5.41) is 18.6. The second-order valence-electron chi connectivity index (χ2n) is 7.70. The van der Waals surface area contributed by atoms with Crippen LogP contribution in [0.5, 0.6) is 5.75 Å². The van der Waals surface area contributed by atoms with Gasteiger partial charge in [0.15, 0.2) is 0 Å². The number of benzene rings is 1. The van der Waals surface area contributed by atoms with Gasteiger partial charge in [-0.25, -0.2) is 4.79 Å². The molecule has 1 saturated carbocycles. The normalized spacial score (nSPS) is 17.9. The van der Waals surface area contributed by atoms with Crippen LogP contribution < -0.4 is 20.7 Å². The topological polar surface area (TPSA) is 140 Å². The van der Waals surface area contributed by atoms with Crippen molar-refractivity contribution in [3.63, 3.8) is 0 Å². The Morgan fingerprint density at radius 3 is 2.68 bits per heavy atom. The number of hydrogen-bond acceptors (Lipinski definition) is 6. The zero-order chi connectivity index (χ0) is 22.2. The Labute approximate surface area is 179 Å². The number of hydrogen-bond donors (Lipinski definition) is 3. The molecule has 1 aliphatic heterocycles. The van der Waals surface area contributed by atoms with Crippen LogP contribution in [0, 0.1) is 16.0 Å². The summed E-state index contributed by atoms with van der Waals surface area (Å²) in [6.07, 6.45) is 8.17. The highest BCUT2D eigenvalue weighted by Crippen LogP contribution is 2.27. The Morgan fingerprint density at radius 2 is 2.00 bits per heavy atom. The zero-order valence-corrected chi connectivity index (χ0v) is 17.1. The molecule has 0 spiro atoms.